The molecule has 1 N–H and O–H groups in total. The zero-order valence-electron chi connectivity index (χ0n) is 22.0. The summed E-state index contributed by atoms with van der Waals surface area (Å²) in [6.07, 6.45) is 6.45. The van der Waals surface area contributed by atoms with E-state index in [0.29, 0.717) is 18.6 Å². The monoisotopic (exact) mass is 490 g/mol. The third-order valence-electron chi connectivity index (χ3n) is 8.89. The smallest absolute Gasteiger partial charge is 0.313 e. The number of nitrogens with one attached hydrogen (secondary N) is 1. The van der Waals surface area contributed by atoms with E-state index < -0.39 is 0 Å². The molecule has 1 aliphatic heterocycles. The summed E-state index contributed by atoms with van der Waals surface area (Å²) in [5.41, 5.74) is 3.59. The minimum absolute atomic E-state index is 0.00888. The number of carbonyl (C=O) groups excluding carboxylic acids is 1. The number of carbonyl (C=O) groups is 1. The van der Waals surface area contributed by atoms with Crippen LogP contribution >= 0.6 is 0 Å². The normalized spacial score (nSPS) is 24.6. The first kappa shape index (κ1) is 25.4. The Morgan fingerprint density at radius 2 is 1.75 bits per heavy atom. The van der Waals surface area contributed by atoms with Gasteiger partial charge in [-0.2, -0.15) is 0 Å². The number of likely N-dealkylation sites (tertiary alicyclic amines) is 1. The summed E-state index contributed by atoms with van der Waals surface area (Å²) in [4.78, 5) is 15.6. The molecule has 3 aliphatic rings. The number of methoxy groups -OCH3 is 1. The van der Waals surface area contributed by atoms with E-state index in [1.807, 2.05) is 19.2 Å². The van der Waals surface area contributed by atoms with E-state index in [2.05, 4.69) is 59.6 Å². The summed E-state index contributed by atoms with van der Waals surface area (Å²) in [5.74, 6) is 0.640. The number of rotatable bonds is 11. The lowest BCUT2D eigenvalue weighted by molar-refractivity contribution is -0.165. The first-order chi connectivity index (χ1) is 17.5. The number of hydrogen-bond acceptors (Lipinski definition) is 5. The van der Waals surface area contributed by atoms with E-state index in [-0.39, 0.29) is 16.8 Å². The molecular weight excluding hydrogens is 448 g/mol. The van der Waals surface area contributed by atoms with Crippen molar-refractivity contribution >= 4 is 5.97 Å². The first-order valence-corrected chi connectivity index (χ1v) is 13.7. The van der Waals surface area contributed by atoms with Crippen LogP contribution in [-0.2, 0) is 20.9 Å². The van der Waals surface area contributed by atoms with Gasteiger partial charge in [0.25, 0.3) is 0 Å². The second-order valence-corrected chi connectivity index (χ2v) is 11.6. The van der Waals surface area contributed by atoms with Gasteiger partial charge in [-0.05, 0) is 63.2 Å². The molecule has 1 unspecified atom stereocenters. The third-order valence-corrected chi connectivity index (χ3v) is 8.89. The van der Waals surface area contributed by atoms with Crippen LogP contribution in [0.5, 0.6) is 0 Å². The predicted octanol–water partition coefficient (Wildman–Crippen LogP) is 5.08. The topological polar surface area (TPSA) is 50.8 Å². The van der Waals surface area contributed by atoms with Gasteiger partial charge < -0.3 is 19.7 Å². The lowest BCUT2D eigenvalue weighted by Crippen LogP contribution is -2.53. The minimum Gasteiger partial charge on any atom is -0.460 e. The van der Waals surface area contributed by atoms with Gasteiger partial charge in [-0.3, -0.25) is 4.79 Å². The lowest BCUT2D eigenvalue weighted by Gasteiger charge is -2.47. The molecule has 3 fully saturated rings. The molecule has 36 heavy (non-hydrogen) atoms. The Morgan fingerprint density at radius 1 is 1.03 bits per heavy atom. The molecule has 0 amide bonds. The fourth-order valence-corrected chi connectivity index (χ4v) is 6.15. The number of hydrogen-bond donors (Lipinski definition) is 1. The van der Waals surface area contributed by atoms with Gasteiger partial charge in [0.2, 0.25) is 0 Å². The molecule has 2 saturated carbocycles. The van der Waals surface area contributed by atoms with Crippen molar-refractivity contribution in [3.63, 3.8) is 0 Å². The highest BCUT2D eigenvalue weighted by Crippen LogP contribution is 2.45. The van der Waals surface area contributed by atoms with Crippen LogP contribution in [0, 0.1) is 17.8 Å². The Kier molecular flexibility index (Phi) is 7.80. The van der Waals surface area contributed by atoms with Crippen molar-refractivity contribution in [2.24, 2.45) is 10.8 Å². The van der Waals surface area contributed by atoms with Crippen molar-refractivity contribution < 1.29 is 14.3 Å². The molecule has 194 valence electrons. The zero-order valence-corrected chi connectivity index (χ0v) is 22.0. The Balaban J connectivity index is 1.11. The fourth-order valence-electron chi connectivity index (χ4n) is 6.15. The molecule has 1 heterocycles. The molecule has 2 aromatic carbocycles. The second kappa shape index (κ2) is 11.0. The fraction of sp³-hybridized carbons (Fsp3) is 0.581. The predicted molar refractivity (Wildman–Crippen MR) is 143 cm³/mol. The highest BCUT2D eigenvalue weighted by atomic mass is 16.5. The number of aryl methyl sites for hydroxylation is 1. The molecule has 2 aromatic rings. The van der Waals surface area contributed by atoms with Crippen molar-refractivity contribution in [2.75, 3.05) is 39.9 Å². The Hall–Kier alpha value is -2.21. The van der Waals surface area contributed by atoms with Gasteiger partial charge in [0.15, 0.2) is 0 Å². The summed E-state index contributed by atoms with van der Waals surface area (Å²) < 4.78 is 11.5. The molecule has 5 rings (SSSR count). The van der Waals surface area contributed by atoms with Crippen molar-refractivity contribution in [3.8, 4) is 0 Å². The number of nitrogens with zero attached hydrogens (tertiary/aromatic N) is 1. The molecule has 1 saturated heterocycles. The van der Waals surface area contributed by atoms with Crippen LogP contribution in [0.25, 0.3) is 0 Å². The minimum atomic E-state index is -0.318. The van der Waals surface area contributed by atoms with Gasteiger partial charge in [0.05, 0.1) is 12.0 Å². The molecule has 5 nitrogen and oxygen atoms in total. The van der Waals surface area contributed by atoms with Crippen LogP contribution in [0.3, 0.4) is 0 Å². The molecule has 0 aromatic heterocycles. The van der Waals surface area contributed by atoms with Crippen molar-refractivity contribution in [1.29, 1.82) is 0 Å². The number of piperidine rings is 1. The lowest BCUT2D eigenvalue weighted by atomic mass is 9.67. The summed E-state index contributed by atoms with van der Waals surface area (Å²) in [5, 5.41) is 3.87. The molecule has 5 heteroatoms. The van der Waals surface area contributed by atoms with Gasteiger partial charge in [0.1, 0.15) is 6.61 Å². The van der Waals surface area contributed by atoms with Gasteiger partial charge >= 0.3 is 5.97 Å². The van der Waals surface area contributed by atoms with E-state index in [0.717, 1.165) is 70.5 Å². The summed E-state index contributed by atoms with van der Waals surface area (Å²) in [6.45, 7) is 7.11. The van der Waals surface area contributed by atoms with Crippen molar-refractivity contribution in [2.45, 2.75) is 64.0 Å². The van der Waals surface area contributed by atoms with E-state index in [9.17, 15) is 4.79 Å². The maximum atomic E-state index is 13.1. The maximum Gasteiger partial charge on any atom is 0.313 e. The molecular formula is C31H42N2O3. The summed E-state index contributed by atoms with van der Waals surface area (Å²) in [6, 6.07) is 19.7. The van der Waals surface area contributed by atoms with Crippen LogP contribution in [0.4, 0.5) is 0 Å². The number of benzene rings is 2. The molecule has 2 aliphatic carbocycles. The van der Waals surface area contributed by atoms with E-state index >= 15 is 0 Å². The average Bonchev–Trinajstić information content (AvgIpc) is 3.66. The van der Waals surface area contributed by atoms with Crippen LogP contribution in [-0.4, -0.2) is 56.8 Å². The van der Waals surface area contributed by atoms with Crippen LogP contribution < -0.4 is 5.32 Å². The maximum absolute atomic E-state index is 13.1. The third kappa shape index (κ3) is 5.85. The van der Waals surface area contributed by atoms with Gasteiger partial charge in [-0.25, -0.2) is 0 Å². The molecule has 0 spiro atoms. The zero-order chi connectivity index (χ0) is 25.0. The highest BCUT2D eigenvalue weighted by Gasteiger charge is 2.48. The first-order valence-electron chi connectivity index (χ1n) is 13.7. The number of ether oxygens (including phenoxy) is 2. The van der Waals surface area contributed by atoms with Gasteiger partial charge in [-0.15, -0.1) is 0 Å². The van der Waals surface area contributed by atoms with Crippen LogP contribution in [0.1, 0.15) is 61.1 Å². The average molecular weight is 491 g/mol. The van der Waals surface area contributed by atoms with Crippen LogP contribution in [0.15, 0.2) is 54.6 Å². The van der Waals surface area contributed by atoms with E-state index in [1.165, 1.54) is 17.5 Å². The Morgan fingerprint density at radius 3 is 2.39 bits per heavy atom. The van der Waals surface area contributed by atoms with Gasteiger partial charge in [0, 0.05) is 37.6 Å². The van der Waals surface area contributed by atoms with Crippen molar-refractivity contribution in [3.05, 3.63) is 71.3 Å². The second-order valence-electron chi connectivity index (χ2n) is 11.6. The molecule has 0 radical (unpaired) electrons. The van der Waals surface area contributed by atoms with Crippen LogP contribution in [0.2, 0.25) is 0 Å². The number of esters is 1. The van der Waals surface area contributed by atoms with E-state index in [4.69, 9.17) is 9.47 Å². The Bertz CT molecular complexity index is 994. The van der Waals surface area contributed by atoms with E-state index in [1.54, 1.807) is 0 Å². The van der Waals surface area contributed by atoms with Gasteiger partial charge in [-0.1, -0.05) is 66.6 Å². The standard InChI is InChI=1S/C31H42N2O3/c1-24-9-11-25(12-10-24)20-36-29(34)31(13-6-14-31)22-33-17-15-30(16-18-33,23-35-2)21-32-28-19-27(28)26-7-4-3-5-8-26/h3-5,7-12,27-28,32H,6,13-23H2,1-2H3/t27?,28-/m1/s1. The summed E-state index contributed by atoms with van der Waals surface area (Å²) in [7, 11) is 1.82. The highest BCUT2D eigenvalue weighted by molar-refractivity contribution is 5.78. The largest absolute Gasteiger partial charge is 0.460 e. The molecule has 2 atom stereocenters. The summed E-state index contributed by atoms with van der Waals surface area (Å²) >= 11 is 0. The quantitative estimate of drug-likeness (QED) is 0.445. The molecule has 0 bridgehead atoms. The SMILES string of the molecule is COCC1(CN[C@@H]2CC2c2ccccc2)CCN(CC2(C(=O)OCc3ccc(C)cc3)CCC2)CC1. The van der Waals surface area contributed by atoms with Crippen molar-refractivity contribution in [1.82, 2.24) is 10.2 Å². The Labute approximate surface area is 216 Å².